The number of hydrogen-bond donors (Lipinski definition) is 2. The predicted octanol–water partition coefficient (Wildman–Crippen LogP) is 1.79. The molecule has 0 bridgehead atoms. The van der Waals surface area contributed by atoms with Gasteiger partial charge in [-0.1, -0.05) is 0 Å². The molecule has 3 aromatic rings. The molecule has 140 valence electrons. The van der Waals surface area contributed by atoms with Gasteiger partial charge in [0.2, 0.25) is 0 Å². The number of hydrogen-bond acceptors (Lipinski definition) is 5. The van der Waals surface area contributed by atoms with Gasteiger partial charge in [0, 0.05) is 43.6 Å². The Morgan fingerprint density at radius 3 is 3.00 bits per heavy atom. The predicted molar refractivity (Wildman–Crippen MR) is 98.5 cm³/mol. The van der Waals surface area contributed by atoms with E-state index in [1.807, 2.05) is 18.6 Å². The van der Waals surface area contributed by atoms with Crippen LogP contribution in [0.2, 0.25) is 0 Å². The first-order chi connectivity index (χ1) is 13.3. The summed E-state index contributed by atoms with van der Waals surface area (Å²) < 4.78 is 7.55. The summed E-state index contributed by atoms with van der Waals surface area (Å²) in [6.07, 6.45) is 9.93. The molecule has 2 N–H and O–H groups in total. The molecular weight excluding hydrogens is 344 g/mol. The highest BCUT2D eigenvalue weighted by Crippen LogP contribution is 2.25. The van der Waals surface area contributed by atoms with E-state index < -0.39 is 0 Å². The molecule has 1 aliphatic carbocycles. The van der Waals surface area contributed by atoms with Gasteiger partial charge in [0.15, 0.2) is 5.65 Å². The lowest BCUT2D eigenvalue weighted by molar-refractivity contribution is 0.0704. The Hall–Kier alpha value is -2.74. The van der Waals surface area contributed by atoms with Crippen molar-refractivity contribution in [1.82, 2.24) is 30.0 Å². The van der Waals surface area contributed by atoms with Crippen LogP contribution in [-0.4, -0.2) is 49.9 Å². The molecule has 5 rings (SSSR count). The number of amides is 1. The van der Waals surface area contributed by atoms with Gasteiger partial charge >= 0.3 is 0 Å². The highest BCUT2D eigenvalue weighted by atomic mass is 16.5. The number of nitrogens with zero attached hydrogens (tertiary/aromatic N) is 4. The number of ether oxygens (including phenoxy) is 1. The lowest BCUT2D eigenvalue weighted by atomic mass is 9.93. The Kier molecular flexibility index (Phi) is 4.12. The van der Waals surface area contributed by atoms with Crippen molar-refractivity contribution in [2.45, 2.75) is 44.2 Å². The van der Waals surface area contributed by atoms with Gasteiger partial charge in [0.25, 0.3) is 5.91 Å². The summed E-state index contributed by atoms with van der Waals surface area (Å²) in [5, 5.41) is 10.2. The zero-order valence-corrected chi connectivity index (χ0v) is 15.0. The Balaban J connectivity index is 1.32. The van der Waals surface area contributed by atoms with E-state index in [4.69, 9.17) is 4.74 Å². The van der Waals surface area contributed by atoms with E-state index in [0.29, 0.717) is 11.6 Å². The molecule has 1 fully saturated rings. The number of H-pyrrole nitrogens is 1. The van der Waals surface area contributed by atoms with Gasteiger partial charge in [-0.3, -0.25) is 9.89 Å². The second kappa shape index (κ2) is 6.77. The van der Waals surface area contributed by atoms with Gasteiger partial charge in [0.1, 0.15) is 5.52 Å². The molecule has 8 heteroatoms. The number of aromatic nitrogens is 5. The van der Waals surface area contributed by atoms with Gasteiger partial charge in [-0.05, 0) is 37.3 Å². The number of aromatic amines is 1. The van der Waals surface area contributed by atoms with Crippen LogP contribution in [0.25, 0.3) is 11.2 Å². The zero-order chi connectivity index (χ0) is 18.2. The second-order valence-electron chi connectivity index (χ2n) is 7.35. The summed E-state index contributed by atoms with van der Waals surface area (Å²) in [7, 11) is 0. The number of carbonyl (C=O) groups is 1. The van der Waals surface area contributed by atoms with Crippen molar-refractivity contribution in [2.24, 2.45) is 0 Å². The molecule has 0 saturated carbocycles. The molecule has 0 radical (unpaired) electrons. The van der Waals surface area contributed by atoms with Gasteiger partial charge < -0.3 is 14.6 Å². The van der Waals surface area contributed by atoms with E-state index in [-0.39, 0.29) is 11.9 Å². The lowest BCUT2D eigenvalue weighted by Gasteiger charge is -2.23. The first kappa shape index (κ1) is 16.4. The third kappa shape index (κ3) is 3.10. The van der Waals surface area contributed by atoms with E-state index in [1.165, 1.54) is 5.56 Å². The van der Waals surface area contributed by atoms with Crippen molar-refractivity contribution in [3.63, 3.8) is 0 Å². The Labute approximate surface area is 156 Å². The number of pyridine rings is 1. The van der Waals surface area contributed by atoms with Crippen LogP contribution in [0, 0.1) is 0 Å². The molecule has 4 heterocycles. The van der Waals surface area contributed by atoms with Crippen LogP contribution in [0.4, 0.5) is 0 Å². The summed E-state index contributed by atoms with van der Waals surface area (Å²) in [6.45, 7) is 1.54. The number of carbonyl (C=O) groups excluding carboxylic acids is 1. The molecule has 1 atom stereocenters. The SMILES string of the molecule is O=C(NC1CCc2cn[nH]c2C1)c1cnc2c(c1)ncn2C1CCOCC1. The molecule has 1 amide bonds. The number of fused-ring (bicyclic) bond motifs is 2. The Morgan fingerprint density at radius 1 is 1.22 bits per heavy atom. The van der Waals surface area contributed by atoms with E-state index in [9.17, 15) is 4.79 Å². The van der Waals surface area contributed by atoms with Crippen molar-refractivity contribution in [3.05, 3.63) is 41.6 Å². The van der Waals surface area contributed by atoms with Crippen molar-refractivity contribution < 1.29 is 9.53 Å². The number of nitrogens with one attached hydrogen (secondary N) is 2. The smallest absolute Gasteiger partial charge is 0.253 e. The molecule has 1 saturated heterocycles. The molecule has 8 nitrogen and oxygen atoms in total. The molecule has 27 heavy (non-hydrogen) atoms. The maximum atomic E-state index is 12.7. The Morgan fingerprint density at radius 2 is 2.11 bits per heavy atom. The number of rotatable bonds is 3. The van der Waals surface area contributed by atoms with E-state index in [2.05, 4.69) is 30.0 Å². The van der Waals surface area contributed by atoms with Crippen LogP contribution in [0.15, 0.2) is 24.8 Å². The van der Waals surface area contributed by atoms with Crippen molar-refractivity contribution in [1.29, 1.82) is 0 Å². The minimum atomic E-state index is -0.0991. The molecule has 0 aromatic carbocycles. The lowest BCUT2D eigenvalue weighted by Crippen LogP contribution is -2.38. The average molecular weight is 366 g/mol. The molecule has 2 aliphatic rings. The van der Waals surface area contributed by atoms with E-state index in [1.54, 1.807) is 6.20 Å². The normalized spacial score (nSPS) is 20.5. The third-order valence-corrected chi connectivity index (χ3v) is 5.61. The fraction of sp³-hybridized carbons (Fsp3) is 0.474. The molecule has 1 aliphatic heterocycles. The van der Waals surface area contributed by atoms with Crippen molar-refractivity contribution in [2.75, 3.05) is 13.2 Å². The fourth-order valence-electron chi connectivity index (χ4n) is 4.07. The maximum absolute atomic E-state index is 12.7. The first-order valence-corrected chi connectivity index (χ1v) is 9.50. The number of aryl methyl sites for hydroxylation is 1. The quantitative estimate of drug-likeness (QED) is 0.736. The summed E-state index contributed by atoms with van der Waals surface area (Å²) >= 11 is 0. The minimum absolute atomic E-state index is 0.0991. The van der Waals surface area contributed by atoms with E-state index in [0.717, 1.165) is 62.2 Å². The second-order valence-corrected chi connectivity index (χ2v) is 7.35. The van der Waals surface area contributed by atoms with Crippen molar-refractivity contribution >= 4 is 17.1 Å². The maximum Gasteiger partial charge on any atom is 0.253 e. The minimum Gasteiger partial charge on any atom is -0.381 e. The summed E-state index contributed by atoms with van der Waals surface area (Å²) in [5.74, 6) is -0.0991. The molecule has 0 spiro atoms. The average Bonchev–Trinajstić information content (AvgIpc) is 3.34. The largest absolute Gasteiger partial charge is 0.381 e. The highest BCUT2D eigenvalue weighted by Gasteiger charge is 2.23. The monoisotopic (exact) mass is 366 g/mol. The summed E-state index contributed by atoms with van der Waals surface area (Å²) in [6, 6.07) is 2.31. The Bertz CT molecular complexity index is 972. The van der Waals surface area contributed by atoms with Crippen LogP contribution >= 0.6 is 0 Å². The highest BCUT2D eigenvalue weighted by molar-refractivity contribution is 5.96. The summed E-state index contributed by atoms with van der Waals surface area (Å²) in [5.41, 5.74) is 4.51. The van der Waals surface area contributed by atoms with Crippen LogP contribution in [0.3, 0.4) is 0 Å². The fourth-order valence-corrected chi connectivity index (χ4v) is 4.07. The standard InChI is InChI=1S/C19H22N6O2/c26-19(23-14-2-1-12-10-22-24-16(12)8-14)13-7-17-18(20-9-13)25(11-21-17)15-3-5-27-6-4-15/h7,9-11,14-15H,1-6,8H2,(H,22,24)(H,23,26). The van der Waals surface area contributed by atoms with Gasteiger partial charge in [-0.2, -0.15) is 5.10 Å². The molecule has 3 aromatic heterocycles. The van der Waals surface area contributed by atoms with Crippen LogP contribution < -0.4 is 5.32 Å². The summed E-state index contributed by atoms with van der Waals surface area (Å²) in [4.78, 5) is 21.7. The van der Waals surface area contributed by atoms with Crippen LogP contribution in [0.1, 0.15) is 46.9 Å². The van der Waals surface area contributed by atoms with E-state index >= 15 is 0 Å². The molecular formula is C19H22N6O2. The van der Waals surface area contributed by atoms with Crippen molar-refractivity contribution in [3.8, 4) is 0 Å². The third-order valence-electron chi connectivity index (χ3n) is 5.61. The topological polar surface area (TPSA) is 97.7 Å². The number of imidazole rings is 1. The van der Waals surface area contributed by atoms with Crippen LogP contribution in [0.5, 0.6) is 0 Å². The van der Waals surface area contributed by atoms with Gasteiger partial charge in [-0.25, -0.2) is 9.97 Å². The zero-order valence-electron chi connectivity index (χ0n) is 15.0. The first-order valence-electron chi connectivity index (χ1n) is 9.50. The van der Waals surface area contributed by atoms with Gasteiger partial charge in [-0.15, -0.1) is 0 Å². The van der Waals surface area contributed by atoms with Crippen LogP contribution in [-0.2, 0) is 17.6 Å². The molecule has 1 unspecified atom stereocenters. The van der Waals surface area contributed by atoms with Gasteiger partial charge in [0.05, 0.1) is 18.1 Å².